The van der Waals surface area contributed by atoms with Gasteiger partial charge in [-0.2, -0.15) is 17.5 Å². The van der Waals surface area contributed by atoms with Gasteiger partial charge in [0.15, 0.2) is 0 Å². The number of rotatable bonds is 3. The van der Waals surface area contributed by atoms with Gasteiger partial charge in [-0.1, -0.05) is 6.07 Å². The highest BCUT2D eigenvalue weighted by Gasteiger charge is 2.30. The Morgan fingerprint density at radius 1 is 1.33 bits per heavy atom. The standard InChI is InChI=1S/C11H9F3N2OS/c12-11(13,14)7-2-1-3-8(4-7)17-6-10-9(15)5-16-18-10/h1-5H,6,15H2. The largest absolute Gasteiger partial charge is 0.488 e. The summed E-state index contributed by atoms with van der Waals surface area (Å²) in [5.41, 5.74) is 5.33. The first-order valence-corrected chi connectivity index (χ1v) is 5.73. The molecule has 0 saturated carbocycles. The lowest BCUT2D eigenvalue weighted by atomic mass is 10.2. The average molecular weight is 274 g/mol. The number of ether oxygens (including phenoxy) is 1. The average Bonchev–Trinajstić information content (AvgIpc) is 2.72. The van der Waals surface area contributed by atoms with Crippen LogP contribution in [-0.2, 0) is 12.8 Å². The van der Waals surface area contributed by atoms with Crippen molar-refractivity contribution in [2.24, 2.45) is 0 Å². The van der Waals surface area contributed by atoms with Crippen molar-refractivity contribution in [3.05, 3.63) is 40.9 Å². The maximum Gasteiger partial charge on any atom is 0.416 e. The molecular formula is C11H9F3N2OS. The van der Waals surface area contributed by atoms with Gasteiger partial charge in [0, 0.05) is 0 Å². The van der Waals surface area contributed by atoms with Gasteiger partial charge in [0.05, 0.1) is 22.3 Å². The zero-order valence-corrected chi connectivity index (χ0v) is 9.89. The van der Waals surface area contributed by atoms with Crippen LogP contribution in [0.5, 0.6) is 5.75 Å². The Labute approximate surface area is 105 Å². The van der Waals surface area contributed by atoms with Gasteiger partial charge in [0.25, 0.3) is 0 Å². The Morgan fingerprint density at radius 2 is 2.11 bits per heavy atom. The van der Waals surface area contributed by atoms with E-state index in [4.69, 9.17) is 10.5 Å². The van der Waals surface area contributed by atoms with Crippen molar-refractivity contribution >= 4 is 17.2 Å². The molecule has 1 aromatic carbocycles. The Balaban J connectivity index is 2.09. The van der Waals surface area contributed by atoms with E-state index in [-0.39, 0.29) is 12.4 Å². The highest BCUT2D eigenvalue weighted by Crippen LogP contribution is 2.31. The van der Waals surface area contributed by atoms with Crippen molar-refractivity contribution in [2.45, 2.75) is 12.8 Å². The lowest BCUT2D eigenvalue weighted by molar-refractivity contribution is -0.137. The fourth-order valence-electron chi connectivity index (χ4n) is 1.29. The van der Waals surface area contributed by atoms with Gasteiger partial charge in [-0.25, -0.2) is 0 Å². The molecule has 2 N–H and O–H groups in total. The molecule has 2 rings (SSSR count). The summed E-state index contributed by atoms with van der Waals surface area (Å²) in [6.45, 7) is 0.109. The van der Waals surface area contributed by atoms with E-state index in [1.165, 1.54) is 18.3 Å². The van der Waals surface area contributed by atoms with E-state index in [0.717, 1.165) is 23.7 Å². The molecule has 2 aromatic rings. The predicted octanol–water partition coefficient (Wildman–Crippen LogP) is 3.32. The first-order valence-electron chi connectivity index (χ1n) is 4.96. The Morgan fingerprint density at radius 3 is 2.72 bits per heavy atom. The van der Waals surface area contributed by atoms with Gasteiger partial charge in [0.1, 0.15) is 12.4 Å². The summed E-state index contributed by atoms with van der Waals surface area (Å²) in [6.07, 6.45) is -2.89. The van der Waals surface area contributed by atoms with Gasteiger partial charge >= 0.3 is 6.18 Å². The molecule has 96 valence electrons. The van der Waals surface area contributed by atoms with Crippen molar-refractivity contribution in [3.63, 3.8) is 0 Å². The number of nitrogens with two attached hydrogens (primary N) is 1. The second-order valence-corrected chi connectivity index (χ2v) is 4.40. The topological polar surface area (TPSA) is 48.1 Å². The van der Waals surface area contributed by atoms with Gasteiger partial charge in [-0.05, 0) is 29.7 Å². The van der Waals surface area contributed by atoms with Gasteiger partial charge in [-0.3, -0.25) is 0 Å². The highest BCUT2D eigenvalue weighted by atomic mass is 32.1. The van der Waals surface area contributed by atoms with Crippen molar-refractivity contribution in [3.8, 4) is 5.75 Å². The Kier molecular flexibility index (Phi) is 3.42. The van der Waals surface area contributed by atoms with Gasteiger partial charge in [-0.15, -0.1) is 0 Å². The Hall–Kier alpha value is -1.76. The zero-order chi connectivity index (χ0) is 13.2. The summed E-state index contributed by atoms with van der Waals surface area (Å²) in [7, 11) is 0. The van der Waals surface area contributed by atoms with Crippen LogP contribution in [0.1, 0.15) is 10.4 Å². The number of anilines is 1. The zero-order valence-electron chi connectivity index (χ0n) is 9.07. The number of alkyl halides is 3. The van der Waals surface area contributed by atoms with Crippen LogP contribution in [0.15, 0.2) is 30.5 Å². The monoisotopic (exact) mass is 274 g/mol. The molecule has 3 nitrogen and oxygen atoms in total. The summed E-state index contributed by atoms with van der Waals surface area (Å²) >= 11 is 1.16. The van der Waals surface area contributed by atoms with Crippen LogP contribution in [0.3, 0.4) is 0 Å². The molecule has 0 aliphatic carbocycles. The molecule has 0 unspecified atom stereocenters. The summed E-state index contributed by atoms with van der Waals surface area (Å²) in [6, 6.07) is 4.71. The smallest absolute Gasteiger partial charge is 0.416 e. The van der Waals surface area contributed by atoms with Crippen LogP contribution in [-0.4, -0.2) is 4.37 Å². The molecule has 1 aromatic heterocycles. The number of halogens is 3. The number of hydrogen-bond acceptors (Lipinski definition) is 4. The van der Waals surface area contributed by atoms with Crippen LogP contribution in [0.25, 0.3) is 0 Å². The number of nitrogens with zero attached hydrogens (tertiary/aromatic N) is 1. The van der Waals surface area contributed by atoms with E-state index in [1.807, 2.05) is 0 Å². The van der Waals surface area contributed by atoms with Crippen molar-refractivity contribution in [2.75, 3.05) is 5.73 Å². The van der Waals surface area contributed by atoms with E-state index in [9.17, 15) is 13.2 Å². The predicted molar refractivity (Wildman–Crippen MR) is 62.3 cm³/mol. The molecule has 0 fully saturated rings. The molecule has 0 spiro atoms. The lowest BCUT2D eigenvalue weighted by Crippen LogP contribution is -2.05. The summed E-state index contributed by atoms with van der Waals surface area (Å²) in [5.74, 6) is 0.151. The molecule has 0 amide bonds. The number of benzene rings is 1. The van der Waals surface area contributed by atoms with Crippen LogP contribution in [0.4, 0.5) is 18.9 Å². The van der Waals surface area contributed by atoms with Crippen molar-refractivity contribution in [1.29, 1.82) is 0 Å². The fourth-order valence-corrected chi connectivity index (χ4v) is 1.86. The van der Waals surface area contributed by atoms with Gasteiger partial charge < -0.3 is 10.5 Å². The second-order valence-electron chi connectivity index (χ2n) is 3.52. The normalized spacial score (nSPS) is 11.5. The fraction of sp³-hybridized carbons (Fsp3) is 0.182. The third kappa shape index (κ3) is 2.92. The molecule has 1 heterocycles. The summed E-state index contributed by atoms with van der Waals surface area (Å²) < 4.78 is 46.5. The minimum absolute atomic E-state index is 0.109. The van der Waals surface area contributed by atoms with E-state index in [2.05, 4.69) is 4.37 Å². The minimum Gasteiger partial charge on any atom is -0.488 e. The third-order valence-electron chi connectivity index (χ3n) is 2.21. The molecule has 0 aliphatic heterocycles. The minimum atomic E-state index is -4.37. The van der Waals surface area contributed by atoms with E-state index in [0.29, 0.717) is 10.6 Å². The van der Waals surface area contributed by atoms with Gasteiger partial charge in [0.2, 0.25) is 0 Å². The first-order chi connectivity index (χ1) is 8.47. The molecule has 0 aliphatic rings. The SMILES string of the molecule is Nc1cnsc1COc1cccc(C(F)(F)F)c1. The molecule has 18 heavy (non-hydrogen) atoms. The molecule has 0 atom stereocenters. The van der Waals surface area contributed by atoms with Crippen LogP contribution in [0, 0.1) is 0 Å². The van der Waals surface area contributed by atoms with Crippen LogP contribution < -0.4 is 10.5 Å². The molecular weight excluding hydrogens is 265 g/mol. The highest BCUT2D eigenvalue weighted by molar-refractivity contribution is 7.06. The first kappa shape index (κ1) is 12.7. The molecule has 0 bridgehead atoms. The molecule has 0 saturated heterocycles. The van der Waals surface area contributed by atoms with Crippen LogP contribution >= 0.6 is 11.5 Å². The van der Waals surface area contributed by atoms with Crippen molar-refractivity contribution < 1.29 is 17.9 Å². The lowest BCUT2D eigenvalue weighted by Gasteiger charge is -2.09. The van der Waals surface area contributed by atoms with E-state index in [1.54, 1.807) is 0 Å². The molecule has 7 heteroatoms. The maximum absolute atomic E-state index is 12.5. The number of nitrogen functional groups attached to an aromatic ring is 1. The van der Waals surface area contributed by atoms with E-state index < -0.39 is 11.7 Å². The van der Waals surface area contributed by atoms with Crippen LogP contribution in [0.2, 0.25) is 0 Å². The third-order valence-corrected chi connectivity index (χ3v) is 2.99. The number of hydrogen-bond donors (Lipinski definition) is 1. The van der Waals surface area contributed by atoms with E-state index >= 15 is 0 Å². The number of aromatic nitrogens is 1. The second kappa shape index (κ2) is 4.85. The quantitative estimate of drug-likeness (QED) is 0.934. The Bertz CT molecular complexity index is 539. The van der Waals surface area contributed by atoms with Crippen molar-refractivity contribution in [1.82, 2.24) is 4.37 Å². The summed E-state index contributed by atoms with van der Waals surface area (Å²) in [5, 5.41) is 0. The maximum atomic E-state index is 12.5. The summed E-state index contributed by atoms with van der Waals surface area (Å²) in [4.78, 5) is 0.687. The molecule has 0 radical (unpaired) electrons.